The van der Waals surface area contributed by atoms with Crippen LogP contribution < -0.4 is 5.32 Å². The number of nitrogens with one attached hydrogen (secondary N) is 1. The van der Waals surface area contributed by atoms with E-state index in [9.17, 15) is 4.79 Å². The molecule has 1 rings (SSSR count). The van der Waals surface area contributed by atoms with Gasteiger partial charge in [-0.3, -0.25) is 4.79 Å². The number of pyridine rings is 1. The zero-order chi connectivity index (χ0) is 14.8. The number of nitrogens with zero attached hydrogens (tertiary/aromatic N) is 1. The fraction of sp³-hybridized carbons (Fsp3) is 0.467. The summed E-state index contributed by atoms with van der Waals surface area (Å²) in [7, 11) is 1.62. The summed E-state index contributed by atoms with van der Waals surface area (Å²) in [6.07, 6.45) is 3.13. The van der Waals surface area contributed by atoms with Gasteiger partial charge in [-0.05, 0) is 25.5 Å². The molecule has 0 aliphatic heterocycles. The van der Waals surface area contributed by atoms with E-state index < -0.39 is 0 Å². The first kappa shape index (κ1) is 16.2. The van der Waals surface area contributed by atoms with Crippen molar-refractivity contribution in [2.24, 2.45) is 0 Å². The maximum atomic E-state index is 11.7. The van der Waals surface area contributed by atoms with Crippen molar-refractivity contribution in [1.82, 2.24) is 4.98 Å². The monoisotopic (exact) mass is 276 g/mol. The molecule has 2 N–H and O–H groups in total. The molecule has 108 valence electrons. The number of ether oxygens (including phenoxy) is 1. The number of hydrogen-bond acceptors (Lipinski definition) is 4. The van der Waals surface area contributed by atoms with Crippen LogP contribution in [0.3, 0.4) is 0 Å². The summed E-state index contributed by atoms with van der Waals surface area (Å²) >= 11 is 0. The van der Waals surface area contributed by atoms with Gasteiger partial charge in [0, 0.05) is 31.7 Å². The summed E-state index contributed by atoms with van der Waals surface area (Å²) < 4.78 is 5.09. The van der Waals surface area contributed by atoms with Gasteiger partial charge in [0.05, 0.1) is 12.7 Å². The molecular formula is C15H20N2O3. The average Bonchev–Trinajstić information content (AvgIpc) is 2.45. The van der Waals surface area contributed by atoms with Crippen LogP contribution in [0.2, 0.25) is 0 Å². The van der Waals surface area contributed by atoms with Crippen molar-refractivity contribution >= 4 is 11.7 Å². The lowest BCUT2D eigenvalue weighted by molar-refractivity contribution is -0.116. The lowest BCUT2D eigenvalue weighted by Gasteiger charge is -2.09. The van der Waals surface area contributed by atoms with E-state index in [1.54, 1.807) is 25.4 Å². The van der Waals surface area contributed by atoms with Gasteiger partial charge in [-0.25, -0.2) is 4.98 Å². The van der Waals surface area contributed by atoms with Crippen molar-refractivity contribution in [3.63, 3.8) is 0 Å². The van der Waals surface area contributed by atoms with E-state index in [4.69, 9.17) is 9.84 Å². The van der Waals surface area contributed by atoms with E-state index in [0.29, 0.717) is 25.1 Å². The molecule has 0 aliphatic rings. The van der Waals surface area contributed by atoms with Crippen LogP contribution in [0, 0.1) is 11.8 Å². The molecule has 1 aromatic heterocycles. The summed E-state index contributed by atoms with van der Waals surface area (Å²) in [5.41, 5.74) is 0.758. The molecule has 1 atom stereocenters. The Hall–Kier alpha value is -1.90. The minimum atomic E-state index is -0.0955. The first-order chi connectivity index (χ1) is 9.65. The zero-order valence-corrected chi connectivity index (χ0v) is 11.8. The normalized spacial score (nSPS) is 11.3. The molecule has 0 saturated heterocycles. The molecule has 5 heteroatoms. The van der Waals surface area contributed by atoms with Gasteiger partial charge >= 0.3 is 0 Å². The number of carbonyl (C=O) groups is 1. The van der Waals surface area contributed by atoms with E-state index in [1.807, 2.05) is 6.92 Å². The molecule has 0 radical (unpaired) electrons. The predicted molar refractivity (Wildman–Crippen MR) is 77.2 cm³/mol. The van der Waals surface area contributed by atoms with Crippen molar-refractivity contribution in [2.45, 2.75) is 32.3 Å². The van der Waals surface area contributed by atoms with Gasteiger partial charge in [0.2, 0.25) is 5.91 Å². The van der Waals surface area contributed by atoms with Gasteiger partial charge in [-0.1, -0.05) is 11.8 Å². The molecule has 0 spiro atoms. The Kier molecular flexibility index (Phi) is 7.33. The molecule has 5 nitrogen and oxygen atoms in total. The Morgan fingerprint density at radius 3 is 3.10 bits per heavy atom. The molecule has 1 amide bonds. The minimum Gasteiger partial charge on any atom is -0.395 e. The first-order valence-electron chi connectivity index (χ1n) is 6.54. The molecule has 0 aliphatic carbocycles. The third-order valence-corrected chi connectivity index (χ3v) is 2.68. The highest BCUT2D eigenvalue weighted by Crippen LogP contribution is 2.08. The van der Waals surface area contributed by atoms with Crippen LogP contribution in [0.1, 0.15) is 31.7 Å². The highest BCUT2D eigenvalue weighted by molar-refractivity contribution is 5.89. The Bertz CT molecular complexity index is 491. The lowest BCUT2D eigenvalue weighted by Crippen LogP contribution is -2.15. The topological polar surface area (TPSA) is 71.5 Å². The third kappa shape index (κ3) is 6.32. The van der Waals surface area contributed by atoms with Crippen molar-refractivity contribution in [1.29, 1.82) is 0 Å². The number of aliphatic hydroxyl groups excluding tert-OH is 1. The van der Waals surface area contributed by atoms with Gasteiger partial charge in [0.15, 0.2) is 0 Å². The van der Waals surface area contributed by atoms with Crippen LogP contribution >= 0.6 is 0 Å². The second-order valence-corrected chi connectivity index (χ2v) is 4.34. The molecule has 0 bridgehead atoms. The first-order valence-corrected chi connectivity index (χ1v) is 6.54. The summed E-state index contributed by atoms with van der Waals surface area (Å²) in [6, 6.07) is 3.47. The summed E-state index contributed by atoms with van der Waals surface area (Å²) in [5, 5.41) is 11.4. The Morgan fingerprint density at radius 2 is 2.40 bits per heavy atom. The van der Waals surface area contributed by atoms with Gasteiger partial charge in [-0.2, -0.15) is 0 Å². The van der Waals surface area contributed by atoms with Gasteiger partial charge in [0.25, 0.3) is 0 Å². The fourth-order valence-corrected chi connectivity index (χ4v) is 1.45. The number of rotatable bonds is 6. The number of aromatic nitrogens is 1. The predicted octanol–water partition coefficient (Wildman–Crippen LogP) is 1.57. The van der Waals surface area contributed by atoms with E-state index in [2.05, 4.69) is 22.1 Å². The van der Waals surface area contributed by atoms with Crippen molar-refractivity contribution in [3.05, 3.63) is 23.9 Å². The Morgan fingerprint density at radius 1 is 1.60 bits per heavy atom. The Balaban J connectivity index is 2.53. The number of hydrogen-bond donors (Lipinski definition) is 2. The average molecular weight is 276 g/mol. The molecule has 1 aromatic rings. The number of amides is 1. The smallest absolute Gasteiger partial charge is 0.225 e. The van der Waals surface area contributed by atoms with E-state index >= 15 is 0 Å². The molecule has 20 heavy (non-hydrogen) atoms. The van der Waals surface area contributed by atoms with E-state index in [1.165, 1.54) is 0 Å². The van der Waals surface area contributed by atoms with E-state index in [0.717, 1.165) is 5.56 Å². The second-order valence-electron chi connectivity index (χ2n) is 4.34. The lowest BCUT2D eigenvalue weighted by atomic mass is 10.2. The van der Waals surface area contributed by atoms with Gasteiger partial charge < -0.3 is 15.2 Å². The summed E-state index contributed by atoms with van der Waals surface area (Å²) in [6.45, 7) is 1.96. The van der Waals surface area contributed by atoms with Crippen LogP contribution in [0.5, 0.6) is 0 Å². The highest BCUT2D eigenvalue weighted by Gasteiger charge is 2.06. The van der Waals surface area contributed by atoms with Crippen LogP contribution in [0.25, 0.3) is 0 Å². The number of aliphatic hydroxyl groups is 1. The maximum Gasteiger partial charge on any atom is 0.225 e. The summed E-state index contributed by atoms with van der Waals surface area (Å²) in [5.74, 6) is 6.11. The number of anilines is 1. The Labute approximate surface area is 119 Å². The molecule has 0 fully saturated rings. The largest absolute Gasteiger partial charge is 0.395 e. The SMILES string of the molecule is COC(C)CCC(=O)Nc1cc(C#CCCO)ccn1. The van der Waals surface area contributed by atoms with Gasteiger partial charge in [0.1, 0.15) is 5.82 Å². The zero-order valence-electron chi connectivity index (χ0n) is 11.8. The van der Waals surface area contributed by atoms with Crippen molar-refractivity contribution in [3.8, 4) is 11.8 Å². The fourth-order valence-electron chi connectivity index (χ4n) is 1.45. The number of methoxy groups -OCH3 is 1. The summed E-state index contributed by atoms with van der Waals surface area (Å²) in [4.78, 5) is 15.8. The molecule has 1 unspecified atom stereocenters. The van der Waals surface area contributed by atoms with Crippen molar-refractivity contribution < 1.29 is 14.6 Å². The standard InChI is InChI=1S/C15H20N2O3/c1-12(20-2)6-7-15(19)17-14-11-13(8-9-16-14)5-3-4-10-18/h8-9,11-12,18H,4,6-7,10H2,1-2H3,(H,16,17,19). The van der Waals surface area contributed by atoms with Gasteiger partial charge in [-0.15, -0.1) is 0 Å². The third-order valence-electron chi connectivity index (χ3n) is 2.68. The molecule has 0 saturated carbocycles. The van der Waals surface area contributed by atoms with E-state index in [-0.39, 0.29) is 18.6 Å². The van der Waals surface area contributed by atoms with Crippen molar-refractivity contribution in [2.75, 3.05) is 19.0 Å². The van der Waals surface area contributed by atoms with Crippen LogP contribution in [0.4, 0.5) is 5.82 Å². The number of carbonyl (C=O) groups excluding carboxylic acids is 1. The van der Waals surface area contributed by atoms with Crippen LogP contribution in [0.15, 0.2) is 18.3 Å². The maximum absolute atomic E-state index is 11.7. The molecule has 1 heterocycles. The quantitative estimate of drug-likeness (QED) is 0.774. The highest BCUT2D eigenvalue weighted by atomic mass is 16.5. The molecular weight excluding hydrogens is 256 g/mol. The minimum absolute atomic E-state index is 0.0410. The molecule has 0 aromatic carbocycles. The second kappa shape index (κ2) is 9.08. The van der Waals surface area contributed by atoms with Crippen LogP contribution in [-0.4, -0.2) is 35.8 Å². The van der Waals surface area contributed by atoms with Crippen LogP contribution in [-0.2, 0) is 9.53 Å².